The van der Waals surface area contributed by atoms with Gasteiger partial charge in [0.2, 0.25) is 0 Å². The molecule has 126 valence electrons. The SMILES string of the molecule is COc1ccc(OC)c(COC(=O)c2cccc([N+](=O)[O-])c2C)c1. The Labute approximate surface area is 138 Å². The van der Waals surface area contributed by atoms with Crippen LogP contribution >= 0.6 is 0 Å². The minimum atomic E-state index is -0.638. The second-order valence-corrected chi connectivity index (χ2v) is 4.96. The van der Waals surface area contributed by atoms with Crippen molar-refractivity contribution >= 4 is 11.7 Å². The molecule has 2 aromatic carbocycles. The highest BCUT2D eigenvalue weighted by atomic mass is 16.6. The fraction of sp³-hybridized carbons (Fsp3) is 0.235. The number of benzene rings is 2. The van der Waals surface area contributed by atoms with Crippen molar-refractivity contribution in [2.45, 2.75) is 13.5 Å². The zero-order valence-electron chi connectivity index (χ0n) is 13.6. The number of hydrogen-bond donors (Lipinski definition) is 0. The number of rotatable bonds is 6. The van der Waals surface area contributed by atoms with Crippen molar-refractivity contribution < 1.29 is 23.9 Å². The molecule has 0 saturated heterocycles. The van der Waals surface area contributed by atoms with Gasteiger partial charge in [-0.15, -0.1) is 0 Å². The van der Waals surface area contributed by atoms with Crippen molar-refractivity contribution in [1.29, 1.82) is 0 Å². The fourth-order valence-corrected chi connectivity index (χ4v) is 2.26. The molecular formula is C17H17NO6. The fourth-order valence-electron chi connectivity index (χ4n) is 2.26. The van der Waals surface area contributed by atoms with Crippen LogP contribution in [-0.4, -0.2) is 25.1 Å². The quantitative estimate of drug-likeness (QED) is 0.458. The summed E-state index contributed by atoms with van der Waals surface area (Å²) in [4.78, 5) is 22.7. The monoisotopic (exact) mass is 331 g/mol. The van der Waals surface area contributed by atoms with Crippen LogP contribution in [0.25, 0.3) is 0 Å². The molecule has 7 heteroatoms. The smallest absolute Gasteiger partial charge is 0.338 e. The van der Waals surface area contributed by atoms with Gasteiger partial charge in [-0.1, -0.05) is 6.07 Å². The Morgan fingerprint density at radius 3 is 2.54 bits per heavy atom. The topological polar surface area (TPSA) is 87.9 Å². The Bertz CT molecular complexity index is 772. The molecule has 0 aliphatic heterocycles. The lowest BCUT2D eigenvalue weighted by Crippen LogP contribution is -2.09. The van der Waals surface area contributed by atoms with Crippen molar-refractivity contribution in [2.75, 3.05) is 14.2 Å². The number of carbonyl (C=O) groups is 1. The maximum atomic E-state index is 12.3. The van der Waals surface area contributed by atoms with Crippen molar-refractivity contribution in [3.05, 3.63) is 63.2 Å². The number of nitro benzene ring substituents is 1. The predicted molar refractivity (Wildman–Crippen MR) is 86.5 cm³/mol. The van der Waals surface area contributed by atoms with Gasteiger partial charge in [-0.05, 0) is 31.2 Å². The standard InChI is InChI=1S/C17H17NO6/c1-11-14(5-4-6-15(11)18(20)21)17(19)24-10-12-9-13(22-2)7-8-16(12)23-3/h4-9H,10H2,1-3H3. The molecule has 0 aliphatic carbocycles. The number of esters is 1. The van der Waals surface area contributed by atoms with Gasteiger partial charge in [0.05, 0.1) is 24.7 Å². The van der Waals surface area contributed by atoms with Crippen LogP contribution in [0, 0.1) is 17.0 Å². The summed E-state index contributed by atoms with van der Waals surface area (Å²) in [5.41, 5.74) is 0.938. The third-order valence-electron chi connectivity index (χ3n) is 3.57. The molecular weight excluding hydrogens is 314 g/mol. The molecule has 0 radical (unpaired) electrons. The van der Waals surface area contributed by atoms with Crippen LogP contribution in [0.15, 0.2) is 36.4 Å². The molecule has 0 N–H and O–H groups in total. The Balaban J connectivity index is 2.20. The van der Waals surface area contributed by atoms with Gasteiger partial charge in [-0.2, -0.15) is 0 Å². The number of methoxy groups -OCH3 is 2. The predicted octanol–water partition coefficient (Wildman–Crippen LogP) is 3.28. The molecule has 0 heterocycles. The number of nitrogens with zero attached hydrogens (tertiary/aromatic N) is 1. The van der Waals surface area contributed by atoms with Gasteiger partial charge in [-0.25, -0.2) is 4.79 Å². The normalized spacial score (nSPS) is 10.1. The van der Waals surface area contributed by atoms with Crippen molar-refractivity contribution in [3.8, 4) is 11.5 Å². The molecule has 2 aromatic rings. The Kier molecular flexibility index (Phi) is 5.36. The Hall–Kier alpha value is -3.09. The van der Waals surface area contributed by atoms with Gasteiger partial charge in [0.15, 0.2) is 0 Å². The molecule has 0 atom stereocenters. The van der Waals surface area contributed by atoms with E-state index in [0.717, 1.165) is 0 Å². The van der Waals surface area contributed by atoms with Gasteiger partial charge in [0.25, 0.3) is 5.69 Å². The van der Waals surface area contributed by atoms with Gasteiger partial charge < -0.3 is 14.2 Å². The van der Waals surface area contributed by atoms with E-state index in [9.17, 15) is 14.9 Å². The average molecular weight is 331 g/mol. The molecule has 7 nitrogen and oxygen atoms in total. The van der Waals surface area contributed by atoms with E-state index < -0.39 is 10.9 Å². The van der Waals surface area contributed by atoms with E-state index in [2.05, 4.69) is 0 Å². The molecule has 24 heavy (non-hydrogen) atoms. The molecule has 0 unspecified atom stereocenters. The lowest BCUT2D eigenvalue weighted by atomic mass is 10.1. The van der Waals surface area contributed by atoms with Gasteiger partial charge in [-0.3, -0.25) is 10.1 Å². The van der Waals surface area contributed by atoms with E-state index in [4.69, 9.17) is 14.2 Å². The van der Waals surface area contributed by atoms with Crippen LogP contribution < -0.4 is 9.47 Å². The van der Waals surface area contributed by atoms with Crippen LogP contribution in [0.1, 0.15) is 21.5 Å². The van der Waals surface area contributed by atoms with Gasteiger partial charge in [0, 0.05) is 17.2 Å². The van der Waals surface area contributed by atoms with Crippen LogP contribution in [0.5, 0.6) is 11.5 Å². The van der Waals surface area contributed by atoms with Crippen molar-refractivity contribution in [1.82, 2.24) is 0 Å². The average Bonchev–Trinajstić information content (AvgIpc) is 2.59. The molecule has 0 amide bonds. The maximum Gasteiger partial charge on any atom is 0.338 e. The molecule has 0 saturated carbocycles. The molecule has 0 bridgehead atoms. The first-order valence-corrected chi connectivity index (χ1v) is 7.10. The van der Waals surface area contributed by atoms with Gasteiger partial charge >= 0.3 is 5.97 Å². The van der Waals surface area contributed by atoms with E-state index in [0.29, 0.717) is 17.1 Å². The summed E-state index contributed by atoms with van der Waals surface area (Å²) in [6, 6.07) is 9.43. The second kappa shape index (κ2) is 7.45. The Morgan fingerprint density at radius 1 is 1.17 bits per heavy atom. The van der Waals surface area contributed by atoms with Crippen LogP contribution in [-0.2, 0) is 11.3 Å². The summed E-state index contributed by atoms with van der Waals surface area (Å²) in [5.74, 6) is 0.522. The summed E-state index contributed by atoms with van der Waals surface area (Å²) in [6.45, 7) is 1.47. The largest absolute Gasteiger partial charge is 0.497 e. The van der Waals surface area contributed by atoms with Crippen LogP contribution in [0.3, 0.4) is 0 Å². The summed E-state index contributed by atoms with van der Waals surface area (Å²) in [6.07, 6.45) is 0. The molecule has 0 aliphatic rings. The number of ether oxygens (including phenoxy) is 3. The van der Waals surface area contributed by atoms with Crippen molar-refractivity contribution in [3.63, 3.8) is 0 Å². The van der Waals surface area contributed by atoms with E-state index >= 15 is 0 Å². The first-order chi connectivity index (χ1) is 11.5. The first kappa shape index (κ1) is 17.3. The number of hydrogen-bond acceptors (Lipinski definition) is 6. The molecule has 0 fully saturated rings. The second-order valence-electron chi connectivity index (χ2n) is 4.96. The lowest BCUT2D eigenvalue weighted by Gasteiger charge is -2.11. The molecule has 0 spiro atoms. The molecule has 2 rings (SSSR count). The highest BCUT2D eigenvalue weighted by Crippen LogP contribution is 2.26. The van der Waals surface area contributed by atoms with E-state index in [1.807, 2.05) is 0 Å². The minimum Gasteiger partial charge on any atom is -0.497 e. The summed E-state index contributed by atoms with van der Waals surface area (Å²) in [5, 5.41) is 11.0. The third kappa shape index (κ3) is 3.62. The molecule has 0 aromatic heterocycles. The number of nitro groups is 1. The summed E-state index contributed by atoms with van der Waals surface area (Å²) < 4.78 is 15.6. The highest BCUT2D eigenvalue weighted by Gasteiger charge is 2.19. The van der Waals surface area contributed by atoms with E-state index in [-0.39, 0.29) is 23.4 Å². The van der Waals surface area contributed by atoms with Gasteiger partial charge in [0.1, 0.15) is 18.1 Å². The van der Waals surface area contributed by atoms with Crippen LogP contribution in [0.2, 0.25) is 0 Å². The van der Waals surface area contributed by atoms with E-state index in [1.165, 1.54) is 39.3 Å². The van der Waals surface area contributed by atoms with E-state index in [1.54, 1.807) is 18.2 Å². The lowest BCUT2D eigenvalue weighted by molar-refractivity contribution is -0.385. The third-order valence-corrected chi connectivity index (χ3v) is 3.57. The Morgan fingerprint density at radius 2 is 1.92 bits per heavy atom. The van der Waals surface area contributed by atoms with Crippen LogP contribution in [0.4, 0.5) is 5.69 Å². The highest BCUT2D eigenvalue weighted by molar-refractivity contribution is 5.92. The minimum absolute atomic E-state index is 0.0403. The number of carbonyl (C=O) groups excluding carboxylic acids is 1. The zero-order valence-corrected chi connectivity index (χ0v) is 13.6. The zero-order chi connectivity index (χ0) is 17.7. The maximum absolute atomic E-state index is 12.3. The van der Waals surface area contributed by atoms with Crippen molar-refractivity contribution in [2.24, 2.45) is 0 Å². The first-order valence-electron chi connectivity index (χ1n) is 7.10. The summed E-state index contributed by atoms with van der Waals surface area (Å²) >= 11 is 0. The summed E-state index contributed by atoms with van der Waals surface area (Å²) in [7, 11) is 3.04.